The lowest BCUT2D eigenvalue weighted by Crippen LogP contribution is -2.12. The highest BCUT2D eigenvalue weighted by molar-refractivity contribution is 6.07. The number of aryl methyl sites for hydroxylation is 2. The third-order valence-corrected chi connectivity index (χ3v) is 2.14. The lowest BCUT2D eigenvalue weighted by Gasteiger charge is -2.03. The van der Waals surface area contributed by atoms with E-state index in [9.17, 15) is 10.1 Å². The van der Waals surface area contributed by atoms with Crippen molar-refractivity contribution in [1.29, 1.82) is 5.41 Å². The molecule has 1 N–H and O–H groups in total. The minimum absolute atomic E-state index is 0.247. The lowest BCUT2D eigenvalue weighted by molar-refractivity contribution is -0.414. The van der Waals surface area contributed by atoms with Crippen LogP contribution in [0.15, 0.2) is 24.5 Å². The van der Waals surface area contributed by atoms with Crippen molar-refractivity contribution in [3.63, 3.8) is 0 Å². The molecule has 78 valence electrons. The molecule has 0 bridgehead atoms. The fourth-order valence-corrected chi connectivity index (χ4v) is 1.00. The molecular weight excluding hydrogens is 194 g/mol. The molecule has 5 heteroatoms. The van der Waals surface area contributed by atoms with E-state index in [0.717, 1.165) is 11.1 Å². The van der Waals surface area contributed by atoms with Crippen molar-refractivity contribution in [2.24, 2.45) is 0 Å². The first-order valence-electron chi connectivity index (χ1n) is 4.29. The van der Waals surface area contributed by atoms with Gasteiger partial charge in [-0.15, -0.1) is 0 Å². The Kier molecular flexibility index (Phi) is 2.94. The molecule has 0 saturated carbocycles. The average molecular weight is 205 g/mol. The molecule has 1 rings (SSSR count). The molecule has 0 amide bonds. The van der Waals surface area contributed by atoms with Gasteiger partial charge in [-0.3, -0.25) is 20.5 Å². The highest BCUT2D eigenvalue weighted by atomic mass is 16.6. The van der Waals surface area contributed by atoms with E-state index in [4.69, 9.17) is 5.41 Å². The van der Waals surface area contributed by atoms with Gasteiger partial charge in [0.15, 0.2) is 5.71 Å². The van der Waals surface area contributed by atoms with Crippen LogP contribution >= 0.6 is 0 Å². The van der Waals surface area contributed by atoms with Crippen LogP contribution in [0.25, 0.3) is 0 Å². The largest absolute Gasteiger partial charge is 0.292 e. The molecule has 0 saturated heterocycles. The van der Waals surface area contributed by atoms with Gasteiger partial charge in [-0.1, -0.05) is 0 Å². The number of nitrogens with one attached hydrogen (secondary N) is 1. The van der Waals surface area contributed by atoms with Crippen molar-refractivity contribution in [2.45, 2.75) is 13.8 Å². The van der Waals surface area contributed by atoms with E-state index >= 15 is 0 Å². The maximum atomic E-state index is 10.4. The van der Waals surface area contributed by atoms with Gasteiger partial charge < -0.3 is 0 Å². The van der Waals surface area contributed by atoms with Crippen molar-refractivity contribution in [1.82, 2.24) is 4.98 Å². The number of hydrogen-bond donors (Lipinski definition) is 1. The first-order chi connectivity index (χ1) is 6.93. The Hall–Kier alpha value is -2.04. The molecule has 0 aliphatic carbocycles. The molecule has 1 aromatic heterocycles. The smallest absolute Gasteiger partial charge is 0.289 e. The molecule has 15 heavy (non-hydrogen) atoms. The van der Waals surface area contributed by atoms with Crippen molar-refractivity contribution >= 4 is 5.71 Å². The van der Waals surface area contributed by atoms with Gasteiger partial charge in [0.2, 0.25) is 0 Å². The van der Waals surface area contributed by atoms with Crippen LogP contribution in [-0.4, -0.2) is 15.6 Å². The van der Waals surface area contributed by atoms with Gasteiger partial charge >= 0.3 is 0 Å². The molecular formula is C10H11N3O2. The Labute approximate surface area is 87.1 Å². The van der Waals surface area contributed by atoms with Crippen LogP contribution in [0.4, 0.5) is 0 Å². The summed E-state index contributed by atoms with van der Waals surface area (Å²) in [4.78, 5) is 13.7. The van der Waals surface area contributed by atoms with Crippen LogP contribution in [0.3, 0.4) is 0 Å². The summed E-state index contributed by atoms with van der Waals surface area (Å²) in [6, 6.07) is 1.65. The van der Waals surface area contributed by atoms with Crippen molar-refractivity contribution < 1.29 is 4.92 Å². The maximum absolute atomic E-state index is 10.4. The molecule has 0 aromatic carbocycles. The summed E-state index contributed by atoms with van der Waals surface area (Å²) in [7, 11) is 0. The summed E-state index contributed by atoms with van der Waals surface area (Å²) in [5.74, 6) is 0. The number of nitrogens with zero attached hydrogens (tertiary/aromatic N) is 2. The number of hydrogen-bond acceptors (Lipinski definition) is 4. The first kappa shape index (κ1) is 11.0. The Morgan fingerprint density at radius 3 is 2.60 bits per heavy atom. The summed E-state index contributed by atoms with van der Waals surface area (Å²) in [6.45, 7) is 6.97. The molecule has 1 heterocycles. The van der Waals surface area contributed by atoms with E-state index in [1.165, 1.54) is 0 Å². The summed E-state index contributed by atoms with van der Waals surface area (Å²) in [5.41, 5.74) is 1.52. The molecule has 0 aliphatic rings. The van der Waals surface area contributed by atoms with E-state index in [1.54, 1.807) is 12.3 Å². The van der Waals surface area contributed by atoms with Crippen LogP contribution in [0, 0.1) is 29.4 Å². The second-order valence-electron chi connectivity index (χ2n) is 3.23. The zero-order valence-electron chi connectivity index (χ0n) is 8.57. The van der Waals surface area contributed by atoms with Crippen LogP contribution in [0.5, 0.6) is 0 Å². The molecule has 0 unspecified atom stereocenters. The van der Waals surface area contributed by atoms with Gasteiger partial charge in [-0.2, -0.15) is 0 Å². The van der Waals surface area contributed by atoms with E-state index < -0.39 is 10.6 Å². The second kappa shape index (κ2) is 4.00. The Balaban J connectivity index is 3.08. The van der Waals surface area contributed by atoms with Gasteiger partial charge in [-0.05, 0) is 37.6 Å². The monoisotopic (exact) mass is 205 g/mol. The third-order valence-electron chi connectivity index (χ3n) is 2.14. The Morgan fingerprint density at radius 2 is 2.13 bits per heavy atom. The lowest BCUT2D eigenvalue weighted by atomic mass is 10.1. The molecule has 0 radical (unpaired) electrons. The van der Waals surface area contributed by atoms with Crippen molar-refractivity contribution in [3.8, 4) is 0 Å². The quantitative estimate of drug-likeness (QED) is 0.464. The van der Waals surface area contributed by atoms with Gasteiger partial charge in [0, 0.05) is 6.20 Å². The highest BCUT2D eigenvalue weighted by Gasteiger charge is 2.17. The van der Waals surface area contributed by atoms with Gasteiger partial charge in [0.05, 0.1) is 10.6 Å². The van der Waals surface area contributed by atoms with Gasteiger partial charge in [0.25, 0.3) is 5.70 Å². The summed E-state index contributed by atoms with van der Waals surface area (Å²) in [6.07, 6.45) is 1.59. The molecule has 0 fully saturated rings. The fourth-order valence-electron chi connectivity index (χ4n) is 1.00. The van der Waals surface area contributed by atoms with Gasteiger partial charge in [0.1, 0.15) is 0 Å². The number of nitro groups is 1. The minimum atomic E-state index is -0.681. The van der Waals surface area contributed by atoms with Crippen LogP contribution < -0.4 is 0 Å². The Bertz CT molecular complexity index is 452. The molecule has 0 aliphatic heterocycles. The second-order valence-corrected chi connectivity index (χ2v) is 3.23. The molecule has 0 spiro atoms. The number of pyridine rings is 1. The highest BCUT2D eigenvalue weighted by Crippen LogP contribution is 2.10. The molecule has 0 atom stereocenters. The summed E-state index contributed by atoms with van der Waals surface area (Å²) in [5, 5.41) is 17.9. The van der Waals surface area contributed by atoms with Crippen molar-refractivity contribution in [2.75, 3.05) is 0 Å². The first-order valence-corrected chi connectivity index (χ1v) is 4.29. The molecule has 5 nitrogen and oxygen atoms in total. The standard InChI is InChI=1S/C10H11N3O2/c1-6-4-9(12-5-7(6)2)10(11)8(3)13(14)15/h4-5,11H,3H2,1-2H3. The summed E-state index contributed by atoms with van der Waals surface area (Å²) < 4.78 is 0. The van der Waals surface area contributed by atoms with Crippen molar-refractivity contribution in [3.05, 3.63) is 51.5 Å². The zero-order valence-corrected chi connectivity index (χ0v) is 8.57. The van der Waals surface area contributed by atoms with E-state index in [2.05, 4.69) is 11.6 Å². The predicted octanol–water partition coefficient (Wildman–Crippen LogP) is 1.86. The minimum Gasteiger partial charge on any atom is -0.292 e. The fraction of sp³-hybridized carbons (Fsp3) is 0.200. The van der Waals surface area contributed by atoms with E-state index in [0.29, 0.717) is 0 Å². The normalized spacial score (nSPS) is 9.73. The van der Waals surface area contributed by atoms with E-state index in [1.807, 2.05) is 13.8 Å². The van der Waals surface area contributed by atoms with E-state index in [-0.39, 0.29) is 11.4 Å². The topological polar surface area (TPSA) is 79.9 Å². The van der Waals surface area contributed by atoms with Crippen LogP contribution in [0.1, 0.15) is 16.8 Å². The SMILES string of the molecule is C=C(C(=N)c1cc(C)c(C)cn1)[N+](=O)[O-]. The number of rotatable bonds is 3. The summed E-state index contributed by atoms with van der Waals surface area (Å²) >= 11 is 0. The Morgan fingerprint density at radius 1 is 1.53 bits per heavy atom. The third kappa shape index (κ3) is 2.25. The molecule has 1 aromatic rings. The van der Waals surface area contributed by atoms with Gasteiger partial charge in [-0.25, -0.2) is 0 Å². The average Bonchev–Trinajstić information content (AvgIpc) is 2.19. The predicted molar refractivity (Wildman–Crippen MR) is 56.7 cm³/mol. The number of aromatic nitrogens is 1. The van der Waals surface area contributed by atoms with Crippen LogP contribution in [0.2, 0.25) is 0 Å². The maximum Gasteiger partial charge on any atom is 0.289 e. The zero-order chi connectivity index (χ0) is 11.6. The number of allylic oxidation sites excluding steroid dienone is 1. The van der Waals surface area contributed by atoms with Crippen LogP contribution in [-0.2, 0) is 0 Å².